The monoisotopic (exact) mass is 215 g/mol. The first-order chi connectivity index (χ1) is 7.74. The van der Waals surface area contributed by atoms with Gasteiger partial charge >= 0.3 is 0 Å². The van der Waals surface area contributed by atoms with Crippen molar-refractivity contribution in [3.63, 3.8) is 0 Å². The fourth-order valence-electron chi connectivity index (χ4n) is 1.61. The zero-order valence-corrected chi connectivity index (χ0v) is 9.31. The fourth-order valence-corrected chi connectivity index (χ4v) is 1.61. The normalized spacial score (nSPS) is 12.4. The predicted molar refractivity (Wildman–Crippen MR) is 62.8 cm³/mol. The molecule has 1 atom stereocenters. The van der Waals surface area contributed by atoms with Crippen molar-refractivity contribution in [1.82, 2.24) is 4.98 Å². The van der Waals surface area contributed by atoms with Crippen molar-refractivity contribution in [3.05, 3.63) is 36.0 Å². The van der Waals surface area contributed by atoms with Crippen LogP contribution in [0.15, 0.2) is 30.5 Å². The largest absolute Gasteiger partial charge is 0.481 e. The van der Waals surface area contributed by atoms with Gasteiger partial charge in [0.2, 0.25) is 5.88 Å². The van der Waals surface area contributed by atoms with Crippen molar-refractivity contribution < 1.29 is 9.53 Å². The van der Waals surface area contributed by atoms with E-state index in [0.29, 0.717) is 5.88 Å². The number of hydrogen-bond acceptors (Lipinski definition) is 3. The molecule has 3 heteroatoms. The van der Waals surface area contributed by atoms with Crippen LogP contribution in [-0.2, 0) is 4.79 Å². The number of rotatable bonds is 3. The third kappa shape index (κ3) is 1.89. The predicted octanol–water partition coefficient (Wildman–Crippen LogP) is 2.55. The molecule has 0 bridgehead atoms. The van der Waals surface area contributed by atoms with Gasteiger partial charge < -0.3 is 9.53 Å². The molecule has 2 aromatic rings. The summed E-state index contributed by atoms with van der Waals surface area (Å²) in [6, 6.07) is 7.81. The van der Waals surface area contributed by atoms with Crippen LogP contribution in [0.25, 0.3) is 10.8 Å². The van der Waals surface area contributed by atoms with Gasteiger partial charge in [0, 0.05) is 23.6 Å². The van der Waals surface area contributed by atoms with Crippen molar-refractivity contribution in [2.45, 2.75) is 12.8 Å². The molecule has 0 spiro atoms. The zero-order chi connectivity index (χ0) is 11.5. The number of aromatic nitrogens is 1. The summed E-state index contributed by atoms with van der Waals surface area (Å²) in [7, 11) is 1.59. The molecule has 0 radical (unpaired) electrons. The summed E-state index contributed by atoms with van der Waals surface area (Å²) in [5, 5.41) is 2.08. The lowest BCUT2D eigenvalue weighted by Crippen LogP contribution is -1.94. The Morgan fingerprint density at radius 3 is 2.81 bits per heavy atom. The molecule has 0 aliphatic carbocycles. The second-order valence-electron chi connectivity index (χ2n) is 3.76. The fraction of sp³-hybridized carbons (Fsp3) is 0.231. The molecule has 1 aromatic heterocycles. The molecule has 82 valence electrons. The van der Waals surface area contributed by atoms with Crippen molar-refractivity contribution in [3.8, 4) is 5.88 Å². The minimum absolute atomic E-state index is 0.0773. The van der Waals surface area contributed by atoms with Crippen LogP contribution in [0, 0.1) is 0 Å². The van der Waals surface area contributed by atoms with E-state index in [9.17, 15) is 4.79 Å². The molecule has 0 aliphatic heterocycles. The molecule has 0 N–H and O–H groups in total. The summed E-state index contributed by atoms with van der Waals surface area (Å²) >= 11 is 0. The second kappa shape index (κ2) is 4.31. The average molecular weight is 215 g/mol. The molecular formula is C13H13NO2. The van der Waals surface area contributed by atoms with Crippen LogP contribution < -0.4 is 4.74 Å². The Hall–Kier alpha value is -1.90. The Bertz CT molecular complexity index is 522. The highest BCUT2D eigenvalue weighted by molar-refractivity contribution is 5.84. The van der Waals surface area contributed by atoms with E-state index in [4.69, 9.17) is 4.74 Å². The number of pyridine rings is 1. The Labute approximate surface area is 94.1 Å². The van der Waals surface area contributed by atoms with Gasteiger partial charge in [0.15, 0.2) is 0 Å². The summed E-state index contributed by atoms with van der Waals surface area (Å²) < 4.78 is 5.05. The van der Waals surface area contributed by atoms with Crippen LogP contribution in [0.1, 0.15) is 18.4 Å². The number of aldehydes is 1. The van der Waals surface area contributed by atoms with Gasteiger partial charge in [0.25, 0.3) is 0 Å². The van der Waals surface area contributed by atoms with E-state index in [-0.39, 0.29) is 5.92 Å². The average Bonchev–Trinajstić information content (AvgIpc) is 2.36. The maximum absolute atomic E-state index is 10.7. The molecule has 0 aliphatic rings. The number of hydrogen-bond donors (Lipinski definition) is 0. The summed E-state index contributed by atoms with van der Waals surface area (Å²) in [4.78, 5) is 14.8. The maximum atomic E-state index is 10.7. The van der Waals surface area contributed by atoms with Gasteiger partial charge in [-0.25, -0.2) is 4.98 Å². The van der Waals surface area contributed by atoms with Crippen LogP contribution in [0.5, 0.6) is 5.88 Å². The molecule has 0 saturated carbocycles. The summed E-state index contributed by atoms with van der Waals surface area (Å²) in [6.07, 6.45) is 2.70. The molecule has 16 heavy (non-hydrogen) atoms. The van der Waals surface area contributed by atoms with Crippen LogP contribution in [-0.4, -0.2) is 18.4 Å². The number of carbonyl (C=O) groups is 1. The molecule has 3 nitrogen and oxygen atoms in total. The lowest BCUT2D eigenvalue weighted by Gasteiger charge is -2.06. The van der Waals surface area contributed by atoms with E-state index in [2.05, 4.69) is 4.98 Å². The molecule has 0 amide bonds. The highest BCUT2D eigenvalue weighted by atomic mass is 16.5. The highest BCUT2D eigenvalue weighted by Crippen LogP contribution is 2.22. The first-order valence-corrected chi connectivity index (χ1v) is 5.13. The standard InChI is InChI=1S/C13H13NO2/c1-9(8-15)10-3-4-11-6-13(16-2)14-7-12(11)5-10/h3-9H,1-2H3. The minimum atomic E-state index is -0.0773. The van der Waals surface area contributed by atoms with Gasteiger partial charge in [-0.15, -0.1) is 0 Å². The maximum Gasteiger partial charge on any atom is 0.213 e. The Kier molecular flexibility index (Phi) is 2.86. The van der Waals surface area contributed by atoms with Gasteiger partial charge in [-0.1, -0.05) is 19.1 Å². The number of methoxy groups -OCH3 is 1. The zero-order valence-electron chi connectivity index (χ0n) is 9.31. The van der Waals surface area contributed by atoms with Gasteiger partial charge in [-0.2, -0.15) is 0 Å². The van der Waals surface area contributed by atoms with E-state index in [0.717, 1.165) is 22.6 Å². The third-order valence-corrected chi connectivity index (χ3v) is 2.66. The summed E-state index contributed by atoms with van der Waals surface area (Å²) in [6.45, 7) is 1.88. The molecule has 1 heterocycles. The lowest BCUT2D eigenvalue weighted by atomic mass is 10.00. The smallest absolute Gasteiger partial charge is 0.213 e. The van der Waals surface area contributed by atoms with Crippen LogP contribution in [0.3, 0.4) is 0 Å². The third-order valence-electron chi connectivity index (χ3n) is 2.66. The van der Waals surface area contributed by atoms with Crippen molar-refractivity contribution >= 4 is 17.1 Å². The van der Waals surface area contributed by atoms with E-state index >= 15 is 0 Å². The molecule has 0 fully saturated rings. The van der Waals surface area contributed by atoms with Gasteiger partial charge in [-0.3, -0.25) is 0 Å². The summed E-state index contributed by atoms with van der Waals surface area (Å²) in [5.74, 6) is 0.523. The second-order valence-corrected chi connectivity index (χ2v) is 3.76. The first kappa shape index (κ1) is 10.6. The first-order valence-electron chi connectivity index (χ1n) is 5.13. The van der Waals surface area contributed by atoms with Crippen molar-refractivity contribution in [2.24, 2.45) is 0 Å². The minimum Gasteiger partial charge on any atom is -0.481 e. The van der Waals surface area contributed by atoms with Crippen molar-refractivity contribution in [1.29, 1.82) is 0 Å². The Balaban J connectivity index is 2.51. The Morgan fingerprint density at radius 2 is 2.12 bits per heavy atom. The van der Waals surface area contributed by atoms with E-state index < -0.39 is 0 Å². The molecule has 0 saturated heterocycles. The molecule has 1 aromatic carbocycles. The number of benzene rings is 1. The molecule has 1 unspecified atom stereocenters. The van der Waals surface area contributed by atoms with Crippen LogP contribution in [0.4, 0.5) is 0 Å². The quantitative estimate of drug-likeness (QED) is 0.738. The van der Waals surface area contributed by atoms with Crippen LogP contribution >= 0.6 is 0 Å². The van der Waals surface area contributed by atoms with Crippen LogP contribution in [0.2, 0.25) is 0 Å². The van der Waals surface area contributed by atoms with E-state index in [1.165, 1.54) is 0 Å². The number of carbonyl (C=O) groups excluding carboxylic acids is 1. The lowest BCUT2D eigenvalue weighted by molar-refractivity contribution is -0.108. The van der Waals surface area contributed by atoms with E-state index in [1.807, 2.05) is 31.2 Å². The summed E-state index contributed by atoms with van der Waals surface area (Å²) in [5.41, 5.74) is 1.01. The molecular weight excluding hydrogens is 202 g/mol. The van der Waals surface area contributed by atoms with Crippen molar-refractivity contribution in [2.75, 3.05) is 7.11 Å². The topological polar surface area (TPSA) is 39.2 Å². The number of ether oxygens (including phenoxy) is 1. The van der Waals surface area contributed by atoms with Gasteiger partial charge in [0.1, 0.15) is 6.29 Å². The highest BCUT2D eigenvalue weighted by Gasteiger charge is 2.05. The number of nitrogens with zero attached hydrogens (tertiary/aromatic N) is 1. The molecule has 2 rings (SSSR count). The van der Waals surface area contributed by atoms with E-state index in [1.54, 1.807) is 13.3 Å². The SMILES string of the molecule is COc1cc2ccc(C(C)C=O)cc2cn1. The number of fused-ring (bicyclic) bond motifs is 1. The van der Waals surface area contributed by atoms with Gasteiger partial charge in [0.05, 0.1) is 7.11 Å². The Morgan fingerprint density at radius 1 is 1.31 bits per heavy atom. The van der Waals surface area contributed by atoms with Gasteiger partial charge in [-0.05, 0) is 17.0 Å².